The van der Waals surface area contributed by atoms with Gasteiger partial charge >= 0.3 is 0 Å². The number of halogens is 2. The summed E-state index contributed by atoms with van der Waals surface area (Å²) < 4.78 is 5.85. The Kier molecular flexibility index (Phi) is 3.31. The number of nitrogens with zero attached hydrogens (tertiary/aromatic N) is 1. The van der Waals surface area contributed by atoms with E-state index in [1.54, 1.807) is 43.3 Å². The van der Waals surface area contributed by atoms with Crippen LogP contribution in [-0.2, 0) is 10.3 Å². The molecule has 1 aliphatic rings. The topological polar surface area (TPSA) is 53.7 Å². The van der Waals surface area contributed by atoms with E-state index in [4.69, 9.17) is 27.6 Å². The van der Waals surface area contributed by atoms with Gasteiger partial charge in [0, 0.05) is 10.7 Å². The van der Waals surface area contributed by atoms with Crippen molar-refractivity contribution < 1.29 is 14.3 Å². The minimum absolute atomic E-state index is 0.00483. The molecule has 2 heterocycles. The predicted molar refractivity (Wildman–Crippen MR) is 93.8 cm³/mol. The Morgan fingerprint density at radius 3 is 2.50 bits per heavy atom. The summed E-state index contributed by atoms with van der Waals surface area (Å²) in [5.74, 6) is 0.0322. The van der Waals surface area contributed by atoms with E-state index < -0.39 is 10.9 Å². The summed E-state index contributed by atoms with van der Waals surface area (Å²) in [7, 11) is 0. The second-order valence-electron chi connectivity index (χ2n) is 5.94. The molecule has 2 aromatic carbocycles. The molecule has 3 aromatic rings. The molecule has 1 aromatic heterocycles. The van der Waals surface area contributed by atoms with Crippen molar-refractivity contribution in [2.75, 3.05) is 4.90 Å². The number of rotatable bonds is 2. The Balaban J connectivity index is 1.88. The predicted octanol–water partition coefficient (Wildman–Crippen LogP) is 4.66. The van der Waals surface area contributed by atoms with Crippen molar-refractivity contribution in [3.63, 3.8) is 0 Å². The molecule has 2 unspecified atom stereocenters. The van der Waals surface area contributed by atoms with Gasteiger partial charge in [-0.25, -0.2) is 0 Å². The zero-order chi connectivity index (χ0) is 17.1. The van der Waals surface area contributed by atoms with Crippen LogP contribution < -0.4 is 4.90 Å². The zero-order valence-electron chi connectivity index (χ0n) is 12.7. The molecule has 0 radical (unpaired) electrons. The maximum absolute atomic E-state index is 12.4. The molecule has 24 heavy (non-hydrogen) atoms. The first-order chi connectivity index (χ1) is 11.4. The highest BCUT2D eigenvalue weighted by atomic mass is 35.5. The van der Waals surface area contributed by atoms with Gasteiger partial charge in [0.25, 0.3) is 0 Å². The molecule has 0 saturated carbocycles. The van der Waals surface area contributed by atoms with Gasteiger partial charge in [-0.3, -0.25) is 9.69 Å². The highest BCUT2D eigenvalue weighted by Gasteiger charge is 2.61. The highest BCUT2D eigenvalue weighted by Crippen LogP contribution is 2.52. The van der Waals surface area contributed by atoms with Gasteiger partial charge in [0.05, 0.1) is 5.39 Å². The lowest BCUT2D eigenvalue weighted by Crippen LogP contribution is -2.69. The molecule has 0 aliphatic carbocycles. The Morgan fingerprint density at radius 2 is 1.83 bits per heavy atom. The number of amides is 1. The standard InChI is InChI=1S/C18H13Cl2NO3/c1-18(16-14(22)12-4-2-3-5-13(12)24-16)15(20)17(23)21(18)11-8-6-10(19)7-9-11/h2-9,15,22H,1H3. The number of hydrogen-bond donors (Lipinski definition) is 1. The highest BCUT2D eigenvalue weighted by molar-refractivity contribution is 6.38. The Hall–Kier alpha value is -2.17. The van der Waals surface area contributed by atoms with E-state index in [0.29, 0.717) is 21.7 Å². The second-order valence-corrected chi connectivity index (χ2v) is 6.81. The Bertz CT molecular complexity index is 951. The second kappa shape index (κ2) is 5.16. The molecule has 6 heteroatoms. The third-order valence-electron chi connectivity index (χ3n) is 4.51. The number of carbonyl (C=O) groups is 1. The summed E-state index contributed by atoms with van der Waals surface area (Å²) in [6.45, 7) is 1.78. The normalized spacial score (nSPS) is 23.5. The zero-order valence-corrected chi connectivity index (χ0v) is 14.2. The molecule has 122 valence electrons. The van der Waals surface area contributed by atoms with E-state index in [2.05, 4.69) is 0 Å². The van der Waals surface area contributed by atoms with Crippen LogP contribution in [0.5, 0.6) is 5.75 Å². The van der Waals surface area contributed by atoms with Crippen LogP contribution in [0.25, 0.3) is 11.0 Å². The number of anilines is 1. The molecule has 1 saturated heterocycles. The van der Waals surface area contributed by atoms with Crippen molar-refractivity contribution in [3.8, 4) is 5.75 Å². The lowest BCUT2D eigenvalue weighted by atomic mass is 9.81. The molecular formula is C18H13Cl2NO3. The quantitative estimate of drug-likeness (QED) is 0.533. The first-order valence-corrected chi connectivity index (χ1v) is 8.20. The number of aromatic hydroxyl groups is 1. The van der Waals surface area contributed by atoms with Crippen molar-refractivity contribution in [2.24, 2.45) is 0 Å². The van der Waals surface area contributed by atoms with Crippen LogP contribution in [0.3, 0.4) is 0 Å². The third-order valence-corrected chi connectivity index (χ3v) is 5.37. The van der Waals surface area contributed by atoms with E-state index in [1.165, 1.54) is 4.90 Å². The lowest BCUT2D eigenvalue weighted by Gasteiger charge is -2.51. The van der Waals surface area contributed by atoms with Crippen LogP contribution in [0.15, 0.2) is 52.9 Å². The van der Waals surface area contributed by atoms with E-state index in [1.807, 2.05) is 12.1 Å². The van der Waals surface area contributed by atoms with Crippen LogP contribution in [0.1, 0.15) is 12.7 Å². The van der Waals surface area contributed by atoms with Gasteiger partial charge in [0.15, 0.2) is 11.5 Å². The monoisotopic (exact) mass is 361 g/mol. The maximum Gasteiger partial charge on any atom is 0.248 e. The van der Waals surface area contributed by atoms with Crippen LogP contribution in [0.4, 0.5) is 5.69 Å². The summed E-state index contributed by atoms with van der Waals surface area (Å²) >= 11 is 12.2. The first-order valence-electron chi connectivity index (χ1n) is 7.39. The average molecular weight is 362 g/mol. The first kappa shape index (κ1) is 15.4. The SMILES string of the molecule is CC1(c2oc3ccccc3c2O)C(Cl)C(=O)N1c1ccc(Cl)cc1. The Labute approximate surface area is 148 Å². The lowest BCUT2D eigenvalue weighted by molar-refractivity contribution is -0.127. The van der Waals surface area contributed by atoms with Gasteiger partial charge in [-0.15, -0.1) is 11.6 Å². The fraction of sp³-hybridized carbons (Fsp3) is 0.167. The minimum Gasteiger partial charge on any atom is -0.504 e. The fourth-order valence-corrected chi connectivity index (χ4v) is 3.63. The Morgan fingerprint density at radius 1 is 1.17 bits per heavy atom. The number of benzene rings is 2. The van der Waals surface area contributed by atoms with Gasteiger partial charge in [-0.2, -0.15) is 0 Å². The minimum atomic E-state index is -0.991. The van der Waals surface area contributed by atoms with Gasteiger partial charge in [-0.05, 0) is 43.3 Å². The fourth-order valence-electron chi connectivity index (χ4n) is 3.21. The number of fused-ring (bicyclic) bond motifs is 1. The number of β-lactam (4-membered cyclic amide) rings is 1. The summed E-state index contributed by atoms with van der Waals surface area (Å²) in [5, 5.41) is 10.9. The molecule has 1 amide bonds. The van der Waals surface area contributed by atoms with Crippen LogP contribution in [-0.4, -0.2) is 16.4 Å². The smallest absolute Gasteiger partial charge is 0.248 e. The largest absolute Gasteiger partial charge is 0.504 e. The van der Waals surface area contributed by atoms with Gasteiger partial charge < -0.3 is 9.52 Å². The number of para-hydroxylation sites is 1. The van der Waals surface area contributed by atoms with Crippen molar-refractivity contribution in [3.05, 3.63) is 59.3 Å². The van der Waals surface area contributed by atoms with Crippen molar-refractivity contribution >= 4 is 45.8 Å². The van der Waals surface area contributed by atoms with Gasteiger partial charge in [0.2, 0.25) is 5.91 Å². The van der Waals surface area contributed by atoms with Crippen LogP contribution in [0.2, 0.25) is 5.02 Å². The number of carbonyl (C=O) groups excluding carboxylic acids is 1. The molecular weight excluding hydrogens is 349 g/mol. The van der Waals surface area contributed by atoms with E-state index in [-0.39, 0.29) is 17.4 Å². The molecule has 0 spiro atoms. The summed E-state index contributed by atoms with van der Waals surface area (Å²) in [5.41, 5.74) is 0.199. The molecule has 1 N–H and O–H groups in total. The van der Waals surface area contributed by atoms with Crippen molar-refractivity contribution in [1.29, 1.82) is 0 Å². The molecule has 1 fully saturated rings. The number of alkyl halides is 1. The van der Waals surface area contributed by atoms with Crippen LogP contribution >= 0.6 is 23.2 Å². The third kappa shape index (κ3) is 1.90. The molecule has 0 bridgehead atoms. The number of hydrogen-bond acceptors (Lipinski definition) is 3. The average Bonchev–Trinajstić information content (AvgIpc) is 2.94. The molecule has 4 rings (SSSR count). The van der Waals surface area contributed by atoms with Crippen molar-refractivity contribution in [2.45, 2.75) is 17.8 Å². The number of furan rings is 1. The van der Waals surface area contributed by atoms with Gasteiger partial charge in [-0.1, -0.05) is 23.7 Å². The molecule has 4 nitrogen and oxygen atoms in total. The molecule has 2 atom stereocenters. The van der Waals surface area contributed by atoms with Gasteiger partial charge in [0.1, 0.15) is 16.5 Å². The molecule has 1 aliphatic heterocycles. The summed E-state index contributed by atoms with van der Waals surface area (Å²) in [4.78, 5) is 13.9. The van der Waals surface area contributed by atoms with E-state index in [9.17, 15) is 9.90 Å². The summed E-state index contributed by atoms with van der Waals surface area (Å²) in [6.07, 6.45) is 0. The van der Waals surface area contributed by atoms with Crippen LogP contribution in [0, 0.1) is 0 Å². The maximum atomic E-state index is 12.4. The summed E-state index contributed by atoms with van der Waals surface area (Å²) in [6, 6.07) is 14.0. The van der Waals surface area contributed by atoms with Crippen molar-refractivity contribution in [1.82, 2.24) is 0 Å². The van der Waals surface area contributed by atoms with E-state index >= 15 is 0 Å². The van der Waals surface area contributed by atoms with E-state index in [0.717, 1.165) is 0 Å².